The van der Waals surface area contributed by atoms with Crippen LogP contribution < -0.4 is 108 Å². The molecule has 143 heavy (non-hydrogen) atoms. The number of carbonyl (C=O) groups excluding carboxylic acids is 3. The molecule has 0 aliphatic heterocycles. The molecule has 0 aromatic carbocycles. The average molecular weight is 2120 g/mol. The number of likely N-dealkylation sites (N-methyl/N-ethyl adjacent to an activating group) is 4. The maximum Gasteiger partial charge on any atom is 1.00 e. The van der Waals surface area contributed by atoms with Crippen molar-refractivity contribution < 1.29 is 237 Å². The number of aliphatic carboxylic acids is 1. The van der Waals surface area contributed by atoms with Crippen molar-refractivity contribution in [3.8, 4) is 0 Å². The number of allylic oxidation sites excluding steroid dienone is 27. The quantitative estimate of drug-likeness (QED) is 0.00383. The second-order valence-corrected chi connectivity index (χ2v) is 40.0. The summed E-state index contributed by atoms with van der Waals surface area (Å²) in [4.78, 5) is 55.0. The van der Waals surface area contributed by atoms with Gasteiger partial charge in [-0.2, -0.15) is 16.8 Å². The monoisotopic (exact) mass is 2120 g/mol. The van der Waals surface area contributed by atoms with Crippen LogP contribution in [-0.2, 0) is 100 Å². The van der Waals surface area contributed by atoms with Crippen LogP contribution in [0.2, 0.25) is 0 Å². The van der Waals surface area contributed by atoms with Crippen molar-refractivity contribution >= 4 is 44.6 Å². The molecule has 0 aromatic heterocycles. The van der Waals surface area contributed by atoms with Gasteiger partial charge in [-0.25, -0.2) is 14.4 Å². The number of nitrogens with zero attached hydrogens (tertiary/aromatic N) is 4. The summed E-state index contributed by atoms with van der Waals surface area (Å²) in [5, 5.41) is 59.1. The Balaban J connectivity index is -0.000000371. The number of carboxylic acid groups (broad SMARTS) is 1. The van der Waals surface area contributed by atoms with E-state index in [0.29, 0.717) is 99.1 Å². The molecule has 0 saturated carbocycles. The zero-order valence-electron chi connectivity index (χ0n) is 93.2. The first-order valence-electron chi connectivity index (χ1n) is 49.4. The first-order valence-corrected chi connectivity index (χ1v) is 53.0. The second kappa shape index (κ2) is 97.8. The molecule has 0 amide bonds. The predicted molar refractivity (Wildman–Crippen MR) is 563 cm³/mol. The Bertz CT molecular complexity index is 3850. The molecule has 3 rings (SSSR count). The molecule has 0 atom stereocenters. The maximum absolute atomic E-state index is 12.3. The minimum atomic E-state index is -3.43. The Morgan fingerprint density at radius 3 is 0.853 bits per heavy atom. The van der Waals surface area contributed by atoms with Crippen LogP contribution in [0.5, 0.6) is 0 Å². The molecule has 0 fully saturated rings. The van der Waals surface area contributed by atoms with E-state index in [-0.39, 0.29) is 205 Å². The average Bonchev–Trinajstić information content (AvgIpc) is 0.830. The Hall–Kier alpha value is -3.65. The third-order valence-corrected chi connectivity index (χ3v) is 22.8. The fraction of sp³-hybridized carbons (Fsp3) is 0.682. The molecular weight excluding hydrogens is 1930 g/mol. The third-order valence-electron chi connectivity index (χ3n) is 21.6. The van der Waals surface area contributed by atoms with Gasteiger partial charge in [0.25, 0.3) is 26.7 Å². The molecule has 3 aliphatic carbocycles. The summed E-state index contributed by atoms with van der Waals surface area (Å²) in [5.41, 5.74) is 15.5. The van der Waals surface area contributed by atoms with Gasteiger partial charge in [-0.15, -0.1) is 0 Å². The predicted octanol–water partition coefficient (Wildman–Crippen LogP) is 8.37. The maximum atomic E-state index is 12.3. The van der Waals surface area contributed by atoms with E-state index >= 15 is 0 Å². The molecule has 0 unspecified atom stereocenters. The standard InChI is InChI=1S/C54H84N2O6.C20H28O2.C14H32N2O4.C8H18O8S2.C6H14O4.C4H10O.CH2O3.2K.H/c1-43(25-27-49-47(5)23-15-29-53(49,7)8)19-13-21-45(3)41-51(57)61-35-17-31-55(11)33-37-59-39-40-60-38-34-56(12)32-18-36-62-52(58)42-46(4)22-14-20-44(2)26-28-50-48(6)24-16-30-54(50,9)10;1-15(8-6-9-16(2)14-19(21)22)11-12-18-17(3)10-7-13-20(18,4)5;1-15(5-3-9-17)7-11-19-13-14-20-12-8-16(2)6-4-10-18;1-17(9,10)15-7-5-13-3-4-14-6-8-16-18(2,11)12;7-1-3-9-5-6-10-4-2-8;1-2-3-4-5;2-1-4-3;;;/h13-14,19-22,25-28,41-42H,15-18,23-24,29-40H2,1-12H3;6,8-9,11-12,14H,7,10,13H2,1-5H3,(H,21,22);17-18H,3-14H2,1-2H3;3-8H2,1-2H3;7-8H,1-6H2;5H,2-4H2,1H3;1,3H;;;/q;;;;;;;2*+1;-1/p-1/b21-13+,22-14+,27-25+,28-26+,43-19+,44-20+,45-41+,46-42+;9-6+,12-11+,15-8+,16-14+;;;;;;;;. The van der Waals surface area contributed by atoms with E-state index in [1.165, 1.54) is 108 Å². The molecule has 0 heterocycles. The van der Waals surface area contributed by atoms with Crippen LogP contribution in [0.3, 0.4) is 0 Å². The van der Waals surface area contributed by atoms with Gasteiger partial charge in [-0.05, 0) is 230 Å². The minimum Gasteiger partial charge on any atom is -1.00 e. The molecule has 0 radical (unpaired) electrons. The number of aliphatic hydroxyl groups excluding tert-OH is 5. The Labute approximate surface area is 949 Å². The van der Waals surface area contributed by atoms with Gasteiger partial charge in [-0.1, -0.05) is 179 Å². The van der Waals surface area contributed by atoms with Crippen LogP contribution in [0.25, 0.3) is 0 Å². The number of aliphatic hydroxyl groups is 5. The van der Waals surface area contributed by atoms with Crippen molar-refractivity contribution in [2.75, 3.05) is 258 Å². The smallest absolute Gasteiger partial charge is 1.00 e. The van der Waals surface area contributed by atoms with Gasteiger partial charge in [0.2, 0.25) is 0 Å². The SMILES string of the molecule is CC1=C(/C=C/C(C)=C/C=C/C(C)=C/C(=O)O)C(C)(C)CCC1.CC1=C(/C=C/C(C)=C/C=C/C(C)=C/C(=O)OCCCN(C)CCOCCOCCN(C)CCCOC(=O)/C=C(C)/C=C/C=C(C)/C=C/C2=C(C)CCCC2(C)C)C(C)(C)CCC1.CCCCO.CN(CCCO)CCOCCOCCN(C)CCCO.CS(=O)(=O)OCCOCCOCCOS(C)(=O)=O.O=CO[O-].OCCOCCOCCO.[H-].[K+].[K+]. The number of unbranched alkanes of at least 4 members (excludes halogenated alkanes) is 1. The van der Waals surface area contributed by atoms with E-state index in [1.54, 1.807) is 25.2 Å². The second-order valence-electron chi connectivity index (χ2n) is 36.7. The zero-order valence-corrected chi connectivity index (χ0v) is 100. The van der Waals surface area contributed by atoms with E-state index in [2.05, 4.69) is 171 Å². The number of hydrogen-bond donors (Lipinski definition) is 6. The molecule has 36 heteroatoms. The zero-order chi connectivity index (χ0) is 107. The molecule has 0 aromatic rings. The summed E-state index contributed by atoms with van der Waals surface area (Å²) in [6.07, 6.45) is 53.5. The molecule has 3 aliphatic rings. The third kappa shape index (κ3) is 98.8. The summed E-state index contributed by atoms with van der Waals surface area (Å²) in [7, 11) is 1.28. The fourth-order valence-electron chi connectivity index (χ4n) is 13.8. The molecule has 0 saturated heterocycles. The number of carbonyl (C=O) groups is 4. The van der Waals surface area contributed by atoms with Crippen LogP contribution in [0.4, 0.5) is 0 Å². The van der Waals surface area contributed by atoms with Crippen molar-refractivity contribution in [3.63, 3.8) is 0 Å². The summed E-state index contributed by atoms with van der Waals surface area (Å²) in [6.45, 7) is 50.1. The summed E-state index contributed by atoms with van der Waals surface area (Å²) >= 11 is 0. The van der Waals surface area contributed by atoms with Gasteiger partial charge in [0.1, 0.15) is 0 Å². The van der Waals surface area contributed by atoms with E-state index in [0.717, 1.165) is 126 Å². The number of esters is 2. The Morgan fingerprint density at radius 2 is 0.622 bits per heavy atom. The Morgan fingerprint density at radius 1 is 0.371 bits per heavy atom. The first-order chi connectivity index (χ1) is 66.8. The van der Waals surface area contributed by atoms with Gasteiger partial charge in [0, 0.05) is 90.4 Å². The van der Waals surface area contributed by atoms with E-state index in [4.69, 9.17) is 88.1 Å². The first kappa shape index (κ1) is 150. The van der Waals surface area contributed by atoms with Crippen LogP contribution in [0, 0.1) is 16.2 Å². The topological polar surface area (TPSA) is 414 Å². The number of rotatable bonds is 68. The fourth-order valence-corrected chi connectivity index (χ4v) is 14.5. The molecule has 0 bridgehead atoms. The van der Waals surface area contributed by atoms with Crippen LogP contribution in [0.1, 0.15) is 209 Å². The van der Waals surface area contributed by atoms with E-state index in [1.807, 2.05) is 78.5 Å². The van der Waals surface area contributed by atoms with Crippen molar-refractivity contribution in [1.29, 1.82) is 0 Å². The van der Waals surface area contributed by atoms with Crippen molar-refractivity contribution in [2.24, 2.45) is 16.2 Å². The molecule has 818 valence electrons. The minimum absolute atomic E-state index is 0. The van der Waals surface area contributed by atoms with Gasteiger partial charge < -0.3 is 109 Å². The van der Waals surface area contributed by atoms with Gasteiger partial charge >= 0.3 is 121 Å². The van der Waals surface area contributed by atoms with Crippen LogP contribution >= 0.6 is 0 Å². The van der Waals surface area contributed by atoms with Gasteiger partial charge in [0.15, 0.2) is 0 Å². The van der Waals surface area contributed by atoms with E-state index in [9.17, 15) is 31.2 Å². The molecule has 0 spiro atoms. The van der Waals surface area contributed by atoms with Crippen molar-refractivity contribution in [1.82, 2.24) is 19.6 Å². The summed E-state index contributed by atoms with van der Waals surface area (Å²) in [6, 6.07) is 0. The summed E-state index contributed by atoms with van der Waals surface area (Å²) < 4.78 is 104. The molecule has 32 nitrogen and oxygen atoms in total. The number of carboxylic acids is 1. The normalized spacial score (nSPS) is 15.4. The number of hydrogen-bond acceptors (Lipinski definition) is 31. The van der Waals surface area contributed by atoms with Crippen LogP contribution in [0.15, 0.2) is 176 Å². The Kier molecular flexibility index (Phi) is 103. The van der Waals surface area contributed by atoms with Gasteiger partial charge in [0.05, 0.1) is 158 Å². The van der Waals surface area contributed by atoms with Crippen molar-refractivity contribution in [3.05, 3.63) is 176 Å². The van der Waals surface area contributed by atoms with Crippen molar-refractivity contribution in [2.45, 2.75) is 207 Å². The number of ether oxygens (including phenoxy) is 10. The largest absolute Gasteiger partial charge is 1.00 e. The van der Waals surface area contributed by atoms with Gasteiger partial charge in [-0.3, -0.25) is 13.2 Å². The molecular formula is C107H188K2N4O28S2. The van der Waals surface area contributed by atoms with E-state index < -0.39 is 26.2 Å². The summed E-state index contributed by atoms with van der Waals surface area (Å²) in [5.74, 6) is -1.54. The van der Waals surface area contributed by atoms with Crippen LogP contribution in [-0.4, -0.2) is 350 Å². The molecule has 6 N–H and O–H groups in total.